The zero-order valence-corrected chi connectivity index (χ0v) is 18.9. The minimum absolute atomic E-state index is 0.149. The molecule has 0 radical (unpaired) electrons. The maximum absolute atomic E-state index is 14.1. The van der Waals surface area contributed by atoms with Crippen LogP contribution in [0.4, 0.5) is 26.3 Å². The van der Waals surface area contributed by atoms with E-state index < -0.39 is 53.0 Å². The lowest BCUT2D eigenvalue weighted by Gasteiger charge is -2.17. The van der Waals surface area contributed by atoms with Crippen molar-refractivity contribution in [1.82, 2.24) is 4.98 Å². The molecule has 11 heteroatoms. The molecular formula is C25H15ClF6NO3-. The number of halogens is 7. The molecule has 0 N–H and O–H groups in total. The van der Waals surface area contributed by atoms with Crippen LogP contribution in [0.5, 0.6) is 5.75 Å². The van der Waals surface area contributed by atoms with Gasteiger partial charge < -0.3 is 14.6 Å². The number of alkyl halides is 3. The molecule has 1 aliphatic carbocycles. The third-order valence-corrected chi connectivity index (χ3v) is 5.92. The van der Waals surface area contributed by atoms with Gasteiger partial charge in [0.25, 0.3) is 0 Å². The second kappa shape index (κ2) is 9.85. The summed E-state index contributed by atoms with van der Waals surface area (Å²) in [6, 6.07) is 6.36. The normalized spacial score (nSPS) is 13.9. The van der Waals surface area contributed by atoms with Gasteiger partial charge in [0.05, 0.1) is 11.5 Å². The van der Waals surface area contributed by atoms with Crippen LogP contribution in [0.3, 0.4) is 0 Å². The Morgan fingerprint density at radius 1 is 1.03 bits per heavy atom. The summed E-state index contributed by atoms with van der Waals surface area (Å²) in [7, 11) is 0. The summed E-state index contributed by atoms with van der Waals surface area (Å²) >= 11 is 6.15. The van der Waals surface area contributed by atoms with Crippen molar-refractivity contribution in [2.24, 2.45) is 0 Å². The minimum Gasteiger partial charge on any atom is -0.545 e. The van der Waals surface area contributed by atoms with E-state index in [1.54, 1.807) is 0 Å². The number of aromatic nitrogens is 1. The molecule has 1 aromatic heterocycles. The highest BCUT2D eigenvalue weighted by molar-refractivity contribution is 6.30. The monoisotopic (exact) mass is 526 g/mol. The SMILES string of the molecule is O=C([O-])c1cc(C2=C(c3cc(Cl)ccc3OCc3c(F)cc(F)cc3F)CCC2)cnc1C(F)(F)F. The fraction of sp³-hybridized carbons (Fsp3) is 0.200. The van der Waals surface area contributed by atoms with E-state index in [0.29, 0.717) is 48.1 Å². The van der Waals surface area contributed by atoms with Crippen molar-refractivity contribution >= 4 is 28.7 Å². The van der Waals surface area contributed by atoms with Gasteiger partial charge in [-0.05, 0) is 60.2 Å². The fourth-order valence-corrected chi connectivity index (χ4v) is 4.27. The van der Waals surface area contributed by atoms with E-state index in [4.69, 9.17) is 16.3 Å². The van der Waals surface area contributed by atoms with E-state index in [0.717, 1.165) is 12.3 Å². The molecule has 36 heavy (non-hydrogen) atoms. The van der Waals surface area contributed by atoms with Gasteiger partial charge in [-0.1, -0.05) is 11.6 Å². The number of ether oxygens (including phenoxy) is 1. The molecule has 1 aliphatic rings. The maximum Gasteiger partial charge on any atom is 0.433 e. The van der Waals surface area contributed by atoms with Crippen molar-refractivity contribution < 1.29 is 41.0 Å². The number of aromatic carboxylic acids is 1. The van der Waals surface area contributed by atoms with Crippen molar-refractivity contribution in [3.63, 3.8) is 0 Å². The first-order chi connectivity index (χ1) is 17.0. The van der Waals surface area contributed by atoms with Gasteiger partial charge in [0.15, 0.2) is 5.69 Å². The van der Waals surface area contributed by atoms with Crippen LogP contribution in [0, 0.1) is 17.5 Å². The van der Waals surface area contributed by atoms with E-state index in [9.17, 15) is 36.2 Å². The van der Waals surface area contributed by atoms with Crippen LogP contribution in [0.1, 0.15) is 52.0 Å². The number of benzene rings is 2. The van der Waals surface area contributed by atoms with Crippen LogP contribution in [-0.2, 0) is 12.8 Å². The standard InChI is InChI=1S/C25H16ClF6NO3/c26-13-4-5-22(36-11-19-20(28)8-14(27)9-21(19)29)17(7-13)16-3-1-2-15(16)12-6-18(24(34)35)23(33-10-12)25(30,31)32/h4-10H,1-3,11H2,(H,34,35)/p-1. The zero-order chi connectivity index (χ0) is 26.2. The van der Waals surface area contributed by atoms with Crippen molar-refractivity contribution in [1.29, 1.82) is 0 Å². The van der Waals surface area contributed by atoms with Crippen molar-refractivity contribution in [2.45, 2.75) is 32.0 Å². The predicted molar refractivity (Wildman–Crippen MR) is 116 cm³/mol. The number of pyridine rings is 1. The molecule has 3 aromatic rings. The lowest BCUT2D eigenvalue weighted by Crippen LogP contribution is -2.27. The molecule has 0 bridgehead atoms. The summed E-state index contributed by atoms with van der Waals surface area (Å²) < 4.78 is 86.5. The Labute approximate surface area is 205 Å². The number of nitrogens with zero attached hydrogens (tertiary/aromatic N) is 1. The zero-order valence-electron chi connectivity index (χ0n) is 18.2. The van der Waals surface area contributed by atoms with Crippen LogP contribution < -0.4 is 9.84 Å². The number of hydrogen-bond acceptors (Lipinski definition) is 4. The molecule has 1 heterocycles. The first kappa shape index (κ1) is 25.6. The second-order valence-corrected chi connectivity index (χ2v) is 8.43. The number of carboxylic acids is 1. The first-order valence-electron chi connectivity index (χ1n) is 10.5. The van der Waals surface area contributed by atoms with E-state index in [1.165, 1.54) is 18.2 Å². The third-order valence-electron chi connectivity index (χ3n) is 5.69. The smallest absolute Gasteiger partial charge is 0.433 e. The lowest BCUT2D eigenvalue weighted by molar-refractivity contribution is -0.255. The Kier molecular flexibility index (Phi) is 6.99. The molecule has 188 valence electrons. The summed E-state index contributed by atoms with van der Waals surface area (Å²) in [5.74, 6) is -5.20. The van der Waals surface area contributed by atoms with Crippen LogP contribution >= 0.6 is 11.6 Å². The van der Waals surface area contributed by atoms with Crippen LogP contribution in [0.15, 0.2) is 42.6 Å². The summed E-state index contributed by atoms with van der Waals surface area (Å²) in [6.07, 6.45) is -2.64. The van der Waals surface area contributed by atoms with Crippen molar-refractivity contribution in [3.8, 4) is 5.75 Å². The number of hydrogen-bond donors (Lipinski definition) is 0. The highest BCUT2D eigenvalue weighted by Gasteiger charge is 2.36. The molecule has 0 amide bonds. The Hall–Kier alpha value is -3.53. The third kappa shape index (κ3) is 5.18. The van der Waals surface area contributed by atoms with Crippen molar-refractivity contribution in [2.75, 3.05) is 0 Å². The van der Waals surface area contributed by atoms with Gasteiger partial charge in [0.1, 0.15) is 29.8 Å². The molecule has 2 aromatic carbocycles. The molecular weight excluding hydrogens is 512 g/mol. The summed E-state index contributed by atoms with van der Waals surface area (Å²) in [4.78, 5) is 14.7. The second-order valence-electron chi connectivity index (χ2n) is 7.99. The number of carbonyl (C=O) groups excluding carboxylic acids is 1. The average Bonchev–Trinajstić information content (AvgIpc) is 3.28. The summed E-state index contributed by atoms with van der Waals surface area (Å²) in [5, 5.41) is 11.7. The van der Waals surface area contributed by atoms with Gasteiger partial charge in [-0.3, -0.25) is 4.98 Å². The Morgan fingerprint density at radius 2 is 1.69 bits per heavy atom. The number of carboxylic acid groups (broad SMARTS) is 1. The predicted octanol–water partition coefficient (Wildman–Crippen LogP) is 6.21. The highest BCUT2D eigenvalue weighted by atomic mass is 35.5. The Morgan fingerprint density at radius 3 is 2.33 bits per heavy atom. The molecule has 0 saturated carbocycles. The average molecular weight is 527 g/mol. The molecule has 4 nitrogen and oxygen atoms in total. The topological polar surface area (TPSA) is 62.2 Å². The highest BCUT2D eigenvalue weighted by Crippen LogP contribution is 2.44. The lowest BCUT2D eigenvalue weighted by atomic mass is 9.96. The number of carbonyl (C=O) groups is 1. The molecule has 0 atom stereocenters. The van der Waals surface area contributed by atoms with Gasteiger partial charge in [0, 0.05) is 34.5 Å². The van der Waals surface area contributed by atoms with Crippen molar-refractivity contribution in [3.05, 3.63) is 93.0 Å². The molecule has 0 spiro atoms. The van der Waals surface area contributed by atoms with Crippen LogP contribution in [0.2, 0.25) is 5.02 Å². The van der Waals surface area contributed by atoms with Gasteiger partial charge in [-0.2, -0.15) is 13.2 Å². The van der Waals surface area contributed by atoms with Crippen LogP contribution in [-0.4, -0.2) is 11.0 Å². The Balaban J connectivity index is 1.76. The molecule has 0 aliphatic heterocycles. The summed E-state index contributed by atoms with van der Waals surface area (Å²) in [6.45, 7) is -0.578. The number of allylic oxidation sites excluding steroid dienone is 2. The van der Waals surface area contributed by atoms with E-state index >= 15 is 0 Å². The minimum atomic E-state index is -4.99. The molecule has 0 fully saturated rings. The van der Waals surface area contributed by atoms with Gasteiger partial charge in [-0.15, -0.1) is 0 Å². The van der Waals surface area contributed by atoms with Gasteiger partial charge in [-0.25, -0.2) is 13.2 Å². The number of rotatable bonds is 6. The largest absolute Gasteiger partial charge is 0.545 e. The summed E-state index contributed by atoms with van der Waals surface area (Å²) in [5.41, 5.74) is -1.49. The molecule has 0 unspecified atom stereocenters. The van der Waals surface area contributed by atoms with E-state index in [1.807, 2.05) is 0 Å². The van der Waals surface area contributed by atoms with E-state index in [-0.39, 0.29) is 16.3 Å². The van der Waals surface area contributed by atoms with Gasteiger partial charge >= 0.3 is 6.18 Å². The molecule has 0 saturated heterocycles. The molecule has 4 rings (SSSR count). The Bertz CT molecular complexity index is 1360. The quantitative estimate of drug-likeness (QED) is 0.358. The van der Waals surface area contributed by atoms with Crippen LogP contribution in [0.25, 0.3) is 11.1 Å². The van der Waals surface area contributed by atoms with E-state index in [2.05, 4.69) is 4.98 Å². The fourth-order valence-electron chi connectivity index (χ4n) is 4.09. The van der Waals surface area contributed by atoms with Gasteiger partial charge in [0.2, 0.25) is 0 Å². The first-order valence-corrected chi connectivity index (χ1v) is 10.9. The maximum atomic E-state index is 14.1.